The molecule has 0 saturated carbocycles. The first-order chi connectivity index (χ1) is 7.52. The number of rotatable bonds is 1. The number of halogens is 1. The average molecular weight is 278 g/mol. The summed E-state index contributed by atoms with van der Waals surface area (Å²) in [6, 6.07) is 8.61. The van der Waals surface area contributed by atoms with Gasteiger partial charge in [-0.05, 0) is 66.9 Å². The van der Waals surface area contributed by atoms with Crippen LogP contribution in [-0.4, -0.2) is 4.57 Å². The van der Waals surface area contributed by atoms with E-state index >= 15 is 0 Å². The Morgan fingerprint density at radius 3 is 2.31 bits per heavy atom. The van der Waals surface area contributed by atoms with Gasteiger partial charge in [-0.25, -0.2) is 0 Å². The first-order valence-electron chi connectivity index (χ1n) is 5.43. The molecule has 2 heteroatoms. The van der Waals surface area contributed by atoms with Crippen LogP contribution in [0, 0.1) is 27.7 Å². The van der Waals surface area contributed by atoms with Crippen molar-refractivity contribution in [2.24, 2.45) is 0 Å². The summed E-state index contributed by atoms with van der Waals surface area (Å²) in [4.78, 5) is 0. The Morgan fingerprint density at radius 1 is 1.06 bits per heavy atom. The lowest BCUT2D eigenvalue weighted by molar-refractivity contribution is 0.949. The summed E-state index contributed by atoms with van der Waals surface area (Å²) in [5.74, 6) is 0. The third-order valence-electron chi connectivity index (χ3n) is 3.19. The van der Waals surface area contributed by atoms with Gasteiger partial charge in [0.15, 0.2) is 0 Å². The van der Waals surface area contributed by atoms with E-state index in [9.17, 15) is 0 Å². The van der Waals surface area contributed by atoms with Gasteiger partial charge in [0.05, 0.1) is 0 Å². The molecule has 0 fully saturated rings. The summed E-state index contributed by atoms with van der Waals surface area (Å²) in [5, 5.41) is 0. The largest absolute Gasteiger partial charge is 0.317 e. The highest BCUT2D eigenvalue weighted by Crippen LogP contribution is 2.27. The SMILES string of the molecule is Cc1cccc(-n2c(C)cc(Br)c2C)c1C. The zero-order valence-electron chi connectivity index (χ0n) is 10.1. The molecule has 1 aromatic carbocycles. The Hall–Kier alpha value is -1.02. The molecule has 84 valence electrons. The van der Waals surface area contributed by atoms with Gasteiger partial charge in [-0.1, -0.05) is 12.1 Å². The molecule has 0 aliphatic carbocycles. The standard InChI is InChI=1S/C14H16BrN/c1-9-6-5-7-14(11(9)3)16-10(2)8-13(15)12(16)4/h5-8H,1-4H3. The fraction of sp³-hybridized carbons (Fsp3) is 0.286. The van der Waals surface area contributed by atoms with Crippen LogP contribution in [0.2, 0.25) is 0 Å². The second kappa shape index (κ2) is 4.10. The predicted octanol–water partition coefficient (Wildman–Crippen LogP) is 4.47. The van der Waals surface area contributed by atoms with Crippen molar-refractivity contribution < 1.29 is 0 Å². The van der Waals surface area contributed by atoms with Crippen LogP contribution in [0.3, 0.4) is 0 Å². The lowest BCUT2D eigenvalue weighted by Crippen LogP contribution is -2.02. The van der Waals surface area contributed by atoms with Crippen LogP contribution in [0.15, 0.2) is 28.7 Å². The predicted molar refractivity (Wildman–Crippen MR) is 72.4 cm³/mol. The summed E-state index contributed by atoms with van der Waals surface area (Å²) >= 11 is 3.59. The average Bonchev–Trinajstić information content (AvgIpc) is 2.47. The number of hydrogen-bond acceptors (Lipinski definition) is 0. The van der Waals surface area contributed by atoms with Gasteiger partial charge in [0, 0.05) is 21.5 Å². The van der Waals surface area contributed by atoms with Crippen LogP contribution in [0.5, 0.6) is 0 Å². The lowest BCUT2D eigenvalue weighted by atomic mass is 10.1. The van der Waals surface area contributed by atoms with Gasteiger partial charge >= 0.3 is 0 Å². The molecule has 0 bridgehead atoms. The topological polar surface area (TPSA) is 4.93 Å². The van der Waals surface area contributed by atoms with Crippen molar-refractivity contribution in [3.05, 3.63) is 51.3 Å². The minimum Gasteiger partial charge on any atom is -0.317 e. The van der Waals surface area contributed by atoms with Crippen LogP contribution < -0.4 is 0 Å². The molecular weight excluding hydrogens is 262 g/mol. The summed E-state index contributed by atoms with van der Waals surface area (Å²) in [7, 11) is 0. The minimum atomic E-state index is 1.17. The van der Waals surface area contributed by atoms with Crippen LogP contribution in [0.1, 0.15) is 22.5 Å². The minimum absolute atomic E-state index is 1.17. The Balaban J connectivity index is 2.72. The Bertz CT molecular complexity index is 538. The molecule has 2 aromatic rings. The molecule has 0 saturated heterocycles. The van der Waals surface area contributed by atoms with Gasteiger partial charge in [-0.2, -0.15) is 0 Å². The highest BCUT2D eigenvalue weighted by molar-refractivity contribution is 9.10. The number of nitrogens with zero attached hydrogens (tertiary/aromatic N) is 1. The highest BCUT2D eigenvalue weighted by Gasteiger charge is 2.10. The zero-order valence-corrected chi connectivity index (χ0v) is 11.7. The smallest absolute Gasteiger partial charge is 0.0487 e. The van der Waals surface area contributed by atoms with Crippen molar-refractivity contribution in [3.63, 3.8) is 0 Å². The van der Waals surface area contributed by atoms with Gasteiger partial charge in [0.1, 0.15) is 0 Å². The van der Waals surface area contributed by atoms with E-state index in [1.165, 1.54) is 32.7 Å². The maximum Gasteiger partial charge on any atom is 0.0487 e. The number of hydrogen-bond donors (Lipinski definition) is 0. The Labute approximate surface area is 105 Å². The van der Waals surface area contributed by atoms with Gasteiger partial charge in [0.25, 0.3) is 0 Å². The van der Waals surface area contributed by atoms with Crippen molar-refractivity contribution in [1.82, 2.24) is 4.57 Å². The van der Waals surface area contributed by atoms with Crippen molar-refractivity contribution >= 4 is 15.9 Å². The van der Waals surface area contributed by atoms with Gasteiger partial charge in [-0.3, -0.25) is 0 Å². The van der Waals surface area contributed by atoms with E-state index in [-0.39, 0.29) is 0 Å². The molecule has 1 aromatic heterocycles. The van der Waals surface area contributed by atoms with E-state index in [0.29, 0.717) is 0 Å². The van der Waals surface area contributed by atoms with Gasteiger partial charge < -0.3 is 4.57 Å². The molecule has 0 radical (unpaired) electrons. The first kappa shape index (κ1) is 11.5. The highest BCUT2D eigenvalue weighted by atomic mass is 79.9. The fourth-order valence-electron chi connectivity index (χ4n) is 2.07. The van der Waals surface area contributed by atoms with Crippen LogP contribution in [-0.2, 0) is 0 Å². The second-order valence-corrected chi connectivity index (χ2v) is 5.13. The van der Waals surface area contributed by atoms with Crippen molar-refractivity contribution in [2.75, 3.05) is 0 Å². The molecule has 0 aliphatic heterocycles. The quantitative estimate of drug-likeness (QED) is 0.725. The zero-order chi connectivity index (χ0) is 11.9. The molecule has 0 amide bonds. The molecule has 16 heavy (non-hydrogen) atoms. The maximum atomic E-state index is 3.59. The van der Waals surface area contributed by atoms with E-state index in [4.69, 9.17) is 0 Å². The van der Waals surface area contributed by atoms with Gasteiger partial charge in [-0.15, -0.1) is 0 Å². The van der Waals surface area contributed by atoms with Crippen LogP contribution >= 0.6 is 15.9 Å². The summed E-state index contributed by atoms with van der Waals surface area (Å²) in [6.07, 6.45) is 0. The Morgan fingerprint density at radius 2 is 1.75 bits per heavy atom. The van der Waals surface area contributed by atoms with E-state index in [0.717, 1.165) is 0 Å². The van der Waals surface area contributed by atoms with Crippen LogP contribution in [0.4, 0.5) is 0 Å². The molecule has 0 aliphatic rings. The number of benzene rings is 1. The molecule has 1 nitrogen and oxygen atoms in total. The molecule has 2 rings (SSSR count). The normalized spacial score (nSPS) is 10.8. The number of aryl methyl sites for hydroxylation is 2. The molecule has 1 heterocycles. The fourth-order valence-corrected chi connectivity index (χ4v) is 2.58. The number of aromatic nitrogens is 1. The molecular formula is C14H16BrN. The van der Waals surface area contributed by atoms with E-state index in [1.54, 1.807) is 0 Å². The third kappa shape index (κ3) is 1.71. The van der Waals surface area contributed by atoms with E-state index < -0.39 is 0 Å². The molecule has 0 N–H and O–H groups in total. The second-order valence-electron chi connectivity index (χ2n) is 4.27. The maximum absolute atomic E-state index is 3.59. The van der Waals surface area contributed by atoms with Crippen molar-refractivity contribution in [2.45, 2.75) is 27.7 Å². The Kier molecular flexibility index (Phi) is 2.94. The summed E-state index contributed by atoms with van der Waals surface area (Å²) in [5.41, 5.74) is 6.47. The van der Waals surface area contributed by atoms with Crippen molar-refractivity contribution in [3.8, 4) is 5.69 Å². The molecule has 0 unspecified atom stereocenters. The first-order valence-corrected chi connectivity index (χ1v) is 6.22. The summed E-state index contributed by atoms with van der Waals surface area (Å²) in [6.45, 7) is 8.61. The lowest BCUT2D eigenvalue weighted by Gasteiger charge is -2.14. The van der Waals surface area contributed by atoms with E-state index in [2.05, 4.69) is 72.5 Å². The third-order valence-corrected chi connectivity index (χ3v) is 3.99. The van der Waals surface area contributed by atoms with Gasteiger partial charge in [0.2, 0.25) is 0 Å². The van der Waals surface area contributed by atoms with E-state index in [1.807, 2.05) is 0 Å². The molecule has 0 spiro atoms. The summed E-state index contributed by atoms with van der Waals surface area (Å²) < 4.78 is 3.47. The van der Waals surface area contributed by atoms with Crippen molar-refractivity contribution in [1.29, 1.82) is 0 Å². The monoisotopic (exact) mass is 277 g/mol. The molecule has 0 atom stereocenters. The van der Waals surface area contributed by atoms with Crippen LogP contribution in [0.25, 0.3) is 5.69 Å².